The van der Waals surface area contributed by atoms with Gasteiger partial charge in [-0.1, -0.05) is 13.3 Å². The van der Waals surface area contributed by atoms with Crippen molar-refractivity contribution in [2.45, 2.75) is 51.0 Å². The fourth-order valence-corrected chi connectivity index (χ4v) is 2.38. The molecule has 1 unspecified atom stereocenters. The third kappa shape index (κ3) is 3.50. The van der Waals surface area contributed by atoms with E-state index < -0.39 is 0 Å². The lowest BCUT2D eigenvalue weighted by Gasteiger charge is -2.22. The molecule has 1 heterocycles. The largest absolute Gasteiger partial charge is 0.396 e. The van der Waals surface area contributed by atoms with Crippen LogP contribution in [0.4, 0.5) is 10.6 Å². The average molecular weight is 280 g/mol. The summed E-state index contributed by atoms with van der Waals surface area (Å²) >= 11 is 0. The van der Waals surface area contributed by atoms with Gasteiger partial charge in [-0.3, -0.25) is 10.00 Å². The molecule has 0 spiro atoms. The predicted octanol–water partition coefficient (Wildman–Crippen LogP) is 1.97. The van der Waals surface area contributed by atoms with Crippen molar-refractivity contribution < 1.29 is 9.90 Å². The van der Waals surface area contributed by atoms with Crippen molar-refractivity contribution in [2.75, 3.05) is 11.9 Å². The lowest BCUT2D eigenvalue weighted by atomic mass is 9.83. The minimum Gasteiger partial charge on any atom is -0.396 e. The van der Waals surface area contributed by atoms with Crippen LogP contribution in [-0.2, 0) is 7.05 Å². The number of rotatable bonds is 6. The van der Waals surface area contributed by atoms with Crippen molar-refractivity contribution >= 4 is 11.8 Å². The van der Waals surface area contributed by atoms with Crippen molar-refractivity contribution in [3.05, 3.63) is 11.8 Å². The van der Waals surface area contributed by atoms with Crippen LogP contribution in [0.3, 0.4) is 0 Å². The standard InChI is InChI=1S/C14H24N4O2/c1-3-11(7-8-19)15-14(20)16-13-9-12(17-18(13)2)10-5-4-6-10/h9-11,19H,3-8H2,1-2H3,(H2,15,16,20). The molecule has 2 rings (SSSR count). The van der Waals surface area contributed by atoms with E-state index in [-0.39, 0.29) is 18.7 Å². The molecule has 1 aliphatic rings. The maximum Gasteiger partial charge on any atom is 0.320 e. The molecule has 6 heteroatoms. The van der Waals surface area contributed by atoms with Crippen LogP contribution in [0.25, 0.3) is 0 Å². The van der Waals surface area contributed by atoms with Gasteiger partial charge in [0.2, 0.25) is 0 Å². The Labute approximate surface area is 119 Å². The zero-order valence-electron chi connectivity index (χ0n) is 12.2. The molecule has 1 aliphatic carbocycles. The molecule has 0 radical (unpaired) electrons. The first-order valence-corrected chi connectivity index (χ1v) is 7.36. The number of nitrogens with zero attached hydrogens (tertiary/aromatic N) is 2. The van der Waals surface area contributed by atoms with Gasteiger partial charge in [0.15, 0.2) is 0 Å². The van der Waals surface area contributed by atoms with Crippen LogP contribution < -0.4 is 10.6 Å². The van der Waals surface area contributed by atoms with E-state index in [1.807, 2.05) is 20.0 Å². The quantitative estimate of drug-likeness (QED) is 0.745. The van der Waals surface area contributed by atoms with Gasteiger partial charge >= 0.3 is 6.03 Å². The van der Waals surface area contributed by atoms with Gasteiger partial charge in [0.1, 0.15) is 5.82 Å². The molecule has 6 nitrogen and oxygen atoms in total. The number of hydrogen-bond acceptors (Lipinski definition) is 3. The Morgan fingerprint density at radius 1 is 1.60 bits per heavy atom. The summed E-state index contributed by atoms with van der Waals surface area (Å²) in [6.45, 7) is 2.07. The molecular formula is C14H24N4O2. The monoisotopic (exact) mass is 280 g/mol. The molecule has 1 saturated carbocycles. The minimum absolute atomic E-state index is 0.000620. The summed E-state index contributed by atoms with van der Waals surface area (Å²) in [7, 11) is 1.84. The molecule has 0 aromatic carbocycles. The smallest absolute Gasteiger partial charge is 0.320 e. The molecule has 20 heavy (non-hydrogen) atoms. The zero-order chi connectivity index (χ0) is 14.5. The summed E-state index contributed by atoms with van der Waals surface area (Å²) < 4.78 is 1.71. The Morgan fingerprint density at radius 3 is 2.90 bits per heavy atom. The Bertz CT molecular complexity index is 454. The van der Waals surface area contributed by atoms with E-state index in [2.05, 4.69) is 15.7 Å². The molecule has 0 saturated heterocycles. The molecule has 0 aliphatic heterocycles. The van der Waals surface area contributed by atoms with Gasteiger partial charge in [-0.05, 0) is 25.7 Å². The summed E-state index contributed by atoms with van der Waals surface area (Å²) in [5, 5.41) is 19.1. The van der Waals surface area contributed by atoms with Crippen molar-refractivity contribution in [2.24, 2.45) is 7.05 Å². The number of anilines is 1. The molecule has 0 bridgehead atoms. The van der Waals surface area contributed by atoms with E-state index >= 15 is 0 Å². The second kappa shape index (κ2) is 6.74. The molecule has 1 aromatic rings. The van der Waals surface area contributed by atoms with Crippen molar-refractivity contribution in [1.29, 1.82) is 0 Å². The highest BCUT2D eigenvalue weighted by Crippen LogP contribution is 2.36. The Morgan fingerprint density at radius 2 is 2.35 bits per heavy atom. The molecule has 1 aromatic heterocycles. The number of aryl methyl sites for hydroxylation is 1. The molecule has 1 fully saturated rings. The number of urea groups is 1. The maximum atomic E-state index is 11.9. The van der Waals surface area contributed by atoms with Gasteiger partial charge < -0.3 is 10.4 Å². The van der Waals surface area contributed by atoms with Crippen LogP contribution in [0.1, 0.15) is 50.6 Å². The van der Waals surface area contributed by atoms with Gasteiger partial charge in [0.05, 0.1) is 5.69 Å². The number of aromatic nitrogens is 2. The first-order chi connectivity index (χ1) is 9.63. The van der Waals surface area contributed by atoms with E-state index in [1.165, 1.54) is 19.3 Å². The summed E-state index contributed by atoms with van der Waals surface area (Å²) in [6.07, 6.45) is 5.02. The number of hydrogen-bond donors (Lipinski definition) is 3. The van der Waals surface area contributed by atoms with Gasteiger partial charge in [-0.15, -0.1) is 0 Å². The second-order valence-corrected chi connectivity index (χ2v) is 5.42. The highest BCUT2D eigenvalue weighted by Gasteiger charge is 2.23. The van der Waals surface area contributed by atoms with Gasteiger partial charge in [-0.25, -0.2) is 4.79 Å². The number of carbonyl (C=O) groups is 1. The normalized spacial score (nSPS) is 16.6. The number of nitrogens with one attached hydrogen (secondary N) is 2. The molecule has 3 N–H and O–H groups in total. The van der Waals surface area contributed by atoms with Crippen LogP contribution in [-0.4, -0.2) is 33.6 Å². The van der Waals surface area contributed by atoms with Crippen molar-refractivity contribution in [3.63, 3.8) is 0 Å². The third-order valence-corrected chi connectivity index (χ3v) is 3.97. The lowest BCUT2D eigenvalue weighted by Crippen LogP contribution is -2.38. The predicted molar refractivity (Wildman–Crippen MR) is 77.7 cm³/mol. The summed E-state index contributed by atoms with van der Waals surface area (Å²) in [4.78, 5) is 11.9. The van der Waals surface area contributed by atoms with E-state index in [4.69, 9.17) is 5.11 Å². The van der Waals surface area contributed by atoms with E-state index in [1.54, 1.807) is 4.68 Å². The van der Waals surface area contributed by atoms with Crippen LogP contribution in [0.15, 0.2) is 6.07 Å². The van der Waals surface area contributed by atoms with Gasteiger partial charge in [0, 0.05) is 31.7 Å². The van der Waals surface area contributed by atoms with Crippen LogP contribution in [0.5, 0.6) is 0 Å². The minimum atomic E-state index is -0.242. The topological polar surface area (TPSA) is 79.2 Å². The maximum absolute atomic E-state index is 11.9. The van der Waals surface area contributed by atoms with Crippen molar-refractivity contribution in [1.82, 2.24) is 15.1 Å². The second-order valence-electron chi connectivity index (χ2n) is 5.42. The zero-order valence-corrected chi connectivity index (χ0v) is 12.2. The number of aliphatic hydroxyl groups excluding tert-OH is 1. The first-order valence-electron chi connectivity index (χ1n) is 7.36. The number of carbonyl (C=O) groups excluding carboxylic acids is 1. The van der Waals surface area contributed by atoms with E-state index in [0.717, 1.165) is 12.1 Å². The molecule has 2 amide bonds. The summed E-state index contributed by atoms with van der Waals surface area (Å²) in [5.74, 6) is 1.26. The van der Waals surface area contributed by atoms with E-state index in [0.29, 0.717) is 18.2 Å². The first kappa shape index (κ1) is 14.8. The third-order valence-electron chi connectivity index (χ3n) is 3.97. The average Bonchev–Trinajstić information content (AvgIpc) is 2.67. The summed E-state index contributed by atoms with van der Waals surface area (Å²) in [6, 6.07) is 1.71. The SMILES string of the molecule is CCC(CCO)NC(=O)Nc1cc(C2CCC2)nn1C. The molecule has 1 atom stereocenters. The highest BCUT2D eigenvalue weighted by atomic mass is 16.3. The Hall–Kier alpha value is -1.56. The number of aliphatic hydroxyl groups is 1. The molecular weight excluding hydrogens is 256 g/mol. The van der Waals surface area contributed by atoms with Crippen LogP contribution in [0.2, 0.25) is 0 Å². The van der Waals surface area contributed by atoms with Gasteiger partial charge in [0.25, 0.3) is 0 Å². The van der Waals surface area contributed by atoms with Crippen molar-refractivity contribution in [3.8, 4) is 0 Å². The fourth-order valence-electron chi connectivity index (χ4n) is 2.38. The summed E-state index contributed by atoms with van der Waals surface area (Å²) in [5.41, 5.74) is 1.07. The fraction of sp³-hybridized carbons (Fsp3) is 0.714. The highest BCUT2D eigenvalue weighted by molar-refractivity contribution is 5.88. The Kier molecular flexibility index (Phi) is 5.00. The number of amides is 2. The molecule has 112 valence electrons. The van der Waals surface area contributed by atoms with Crippen LogP contribution in [0, 0.1) is 0 Å². The van der Waals surface area contributed by atoms with Gasteiger partial charge in [-0.2, -0.15) is 5.10 Å². The van der Waals surface area contributed by atoms with E-state index in [9.17, 15) is 4.79 Å². The van der Waals surface area contributed by atoms with Crippen LogP contribution >= 0.6 is 0 Å². The Balaban J connectivity index is 1.91. The lowest BCUT2D eigenvalue weighted by molar-refractivity contribution is 0.237.